The molecule has 1 amide bonds. The van der Waals surface area contributed by atoms with Gasteiger partial charge in [0.15, 0.2) is 0 Å². The molecule has 2 fully saturated rings. The van der Waals surface area contributed by atoms with Gasteiger partial charge in [0.1, 0.15) is 12.0 Å². The van der Waals surface area contributed by atoms with E-state index in [0.29, 0.717) is 12.1 Å². The van der Waals surface area contributed by atoms with E-state index in [9.17, 15) is 9.59 Å². The van der Waals surface area contributed by atoms with Gasteiger partial charge in [-0.25, -0.2) is 0 Å². The number of carbonyl (C=O) groups is 2. The van der Waals surface area contributed by atoms with Gasteiger partial charge in [-0.05, 0) is 18.2 Å². The fourth-order valence-electron chi connectivity index (χ4n) is 4.74. The molecule has 4 N–H and O–H groups in total. The SMILES string of the molecule is COC(=O)[C@H]1C[C@@]2(C(=O)Nc3ccc(N)cc32)[NH+]2CCC[C@H]12. The molecule has 0 saturated carbocycles. The second-order valence-corrected chi connectivity index (χ2v) is 6.52. The van der Waals surface area contributed by atoms with Crippen molar-refractivity contribution >= 4 is 23.3 Å². The van der Waals surface area contributed by atoms with E-state index in [4.69, 9.17) is 10.5 Å². The maximum atomic E-state index is 12.8. The molecular weight excluding hydrogens is 282 g/mol. The molecule has 0 bridgehead atoms. The van der Waals surface area contributed by atoms with Gasteiger partial charge in [0.05, 0.1) is 19.3 Å². The van der Waals surface area contributed by atoms with E-state index < -0.39 is 5.54 Å². The van der Waals surface area contributed by atoms with Crippen LogP contribution in [0.5, 0.6) is 0 Å². The number of methoxy groups -OCH3 is 1. The van der Waals surface area contributed by atoms with E-state index in [2.05, 4.69) is 5.32 Å². The monoisotopic (exact) mass is 302 g/mol. The van der Waals surface area contributed by atoms with Crippen molar-refractivity contribution in [3.8, 4) is 0 Å². The van der Waals surface area contributed by atoms with E-state index in [-0.39, 0.29) is 23.8 Å². The summed E-state index contributed by atoms with van der Waals surface area (Å²) < 4.78 is 4.98. The minimum Gasteiger partial charge on any atom is -0.469 e. The molecule has 3 aliphatic heterocycles. The molecular formula is C16H20N3O3+. The number of nitrogen functional groups attached to an aromatic ring is 1. The van der Waals surface area contributed by atoms with Crippen LogP contribution in [0.4, 0.5) is 11.4 Å². The third kappa shape index (κ3) is 1.53. The molecule has 22 heavy (non-hydrogen) atoms. The molecule has 4 rings (SSSR count). The van der Waals surface area contributed by atoms with Gasteiger partial charge >= 0.3 is 5.97 Å². The Balaban J connectivity index is 1.86. The van der Waals surface area contributed by atoms with Crippen LogP contribution in [0, 0.1) is 5.92 Å². The number of benzene rings is 1. The zero-order valence-electron chi connectivity index (χ0n) is 12.5. The Bertz CT molecular complexity index is 675. The predicted molar refractivity (Wildman–Crippen MR) is 80.1 cm³/mol. The van der Waals surface area contributed by atoms with Crippen LogP contribution in [0.25, 0.3) is 0 Å². The number of hydrogen-bond acceptors (Lipinski definition) is 4. The lowest BCUT2D eigenvalue weighted by molar-refractivity contribution is -0.947. The standard InChI is InChI=1S/C16H19N3O3/c1-22-14(20)10-8-16(19-6-2-3-13(10)19)11-7-9(17)4-5-12(11)18-15(16)21/h4-5,7,10,13H,2-3,6,8,17H2,1H3,(H,18,21)/p+1/t10-,13+,16+/m0/s1. The average Bonchev–Trinajstić information content (AvgIpc) is 3.15. The van der Waals surface area contributed by atoms with Crippen molar-refractivity contribution in [2.24, 2.45) is 5.92 Å². The third-order valence-corrected chi connectivity index (χ3v) is 5.61. The first-order chi connectivity index (χ1) is 10.6. The van der Waals surface area contributed by atoms with Gasteiger partial charge in [-0.3, -0.25) is 9.59 Å². The Labute approximate surface area is 128 Å². The lowest BCUT2D eigenvalue weighted by atomic mass is 9.84. The lowest BCUT2D eigenvalue weighted by Crippen LogP contribution is -3.19. The van der Waals surface area contributed by atoms with Crippen molar-refractivity contribution in [1.29, 1.82) is 0 Å². The van der Waals surface area contributed by atoms with Gasteiger partial charge in [-0.1, -0.05) is 0 Å². The largest absolute Gasteiger partial charge is 0.469 e. The molecule has 0 aromatic heterocycles. The molecule has 1 unspecified atom stereocenters. The van der Waals surface area contributed by atoms with Gasteiger partial charge in [0, 0.05) is 30.5 Å². The van der Waals surface area contributed by atoms with Crippen molar-refractivity contribution in [3.05, 3.63) is 23.8 Å². The number of ether oxygens (including phenoxy) is 1. The van der Waals surface area contributed by atoms with E-state index in [0.717, 1.165) is 30.6 Å². The first-order valence-corrected chi connectivity index (χ1v) is 7.73. The first kappa shape index (κ1) is 13.6. The molecule has 116 valence electrons. The van der Waals surface area contributed by atoms with E-state index in [1.807, 2.05) is 12.1 Å². The van der Waals surface area contributed by atoms with Crippen molar-refractivity contribution in [1.82, 2.24) is 0 Å². The summed E-state index contributed by atoms with van der Waals surface area (Å²) in [6, 6.07) is 5.69. The van der Waals surface area contributed by atoms with Gasteiger partial charge in [0.25, 0.3) is 5.91 Å². The molecule has 1 aromatic carbocycles. The number of nitrogens with two attached hydrogens (primary N) is 1. The molecule has 4 atom stereocenters. The van der Waals surface area contributed by atoms with Gasteiger partial charge in [0.2, 0.25) is 5.54 Å². The van der Waals surface area contributed by atoms with E-state index in [1.54, 1.807) is 6.07 Å². The van der Waals surface area contributed by atoms with Crippen LogP contribution in [0.1, 0.15) is 24.8 Å². The normalized spacial score (nSPS) is 35.3. The number of nitrogens with one attached hydrogen (secondary N) is 2. The lowest BCUT2D eigenvalue weighted by Gasteiger charge is -2.29. The average molecular weight is 302 g/mol. The maximum Gasteiger partial charge on any atom is 0.315 e. The predicted octanol–water partition coefficient (Wildman–Crippen LogP) is -0.344. The number of anilines is 2. The fraction of sp³-hybridized carbons (Fsp3) is 0.500. The summed E-state index contributed by atoms with van der Waals surface area (Å²) in [5.41, 5.74) is 7.66. The van der Waals surface area contributed by atoms with Crippen LogP contribution in [0.15, 0.2) is 18.2 Å². The fourth-order valence-corrected chi connectivity index (χ4v) is 4.74. The Hall–Kier alpha value is -2.08. The Morgan fingerprint density at radius 2 is 2.32 bits per heavy atom. The number of hydrogen-bond donors (Lipinski definition) is 3. The van der Waals surface area contributed by atoms with Gasteiger partial charge < -0.3 is 20.7 Å². The highest BCUT2D eigenvalue weighted by Crippen LogP contribution is 2.44. The number of rotatable bonds is 1. The molecule has 3 heterocycles. The molecule has 6 nitrogen and oxygen atoms in total. The summed E-state index contributed by atoms with van der Waals surface area (Å²) in [6.07, 6.45) is 2.49. The smallest absolute Gasteiger partial charge is 0.315 e. The Morgan fingerprint density at radius 3 is 3.09 bits per heavy atom. The molecule has 3 aliphatic rings. The van der Waals surface area contributed by atoms with Crippen LogP contribution in [0.3, 0.4) is 0 Å². The summed E-state index contributed by atoms with van der Waals surface area (Å²) in [7, 11) is 1.42. The minimum absolute atomic E-state index is 0.0126. The zero-order chi connectivity index (χ0) is 15.5. The molecule has 0 aliphatic carbocycles. The van der Waals surface area contributed by atoms with Crippen LogP contribution in [-0.2, 0) is 19.9 Å². The summed E-state index contributed by atoms with van der Waals surface area (Å²) in [5, 5.41) is 2.98. The second kappa shape index (κ2) is 4.46. The molecule has 6 heteroatoms. The third-order valence-electron chi connectivity index (χ3n) is 5.61. The highest BCUT2D eigenvalue weighted by atomic mass is 16.5. The zero-order valence-corrected chi connectivity index (χ0v) is 12.5. The summed E-state index contributed by atoms with van der Waals surface area (Å²) in [5.74, 6) is -0.437. The molecule has 2 saturated heterocycles. The summed E-state index contributed by atoms with van der Waals surface area (Å²) in [4.78, 5) is 26.2. The molecule has 1 spiro atoms. The van der Waals surface area contributed by atoms with Crippen LogP contribution in [0.2, 0.25) is 0 Å². The topological polar surface area (TPSA) is 85.9 Å². The van der Waals surface area contributed by atoms with Crippen molar-refractivity contribution in [2.75, 3.05) is 24.7 Å². The molecule has 0 radical (unpaired) electrons. The quantitative estimate of drug-likeness (QED) is 0.489. The number of amides is 1. The number of esters is 1. The first-order valence-electron chi connectivity index (χ1n) is 7.73. The van der Waals surface area contributed by atoms with Crippen LogP contribution < -0.4 is 16.0 Å². The van der Waals surface area contributed by atoms with Gasteiger partial charge in [-0.2, -0.15) is 0 Å². The number of quaternary nitrogens is 1. The summed E-state index contributed by atoms with van der Waals surface area (Å²) in [6.45, 7) is 0.903. The second-order valence-electron chi connectivity index (χ2n) is 6.52. The number of fused-ring (bicyclic) bond motifs is 4. The van der Waals surface area contributed by atoms with Gasteiger partial charge in [-0.15, -0.1) is 0 Å². The number of carbonyl (C=O) groups excluding carboxylic acids is 2. The van der Waals surface area contributed by atoms with Crippen molar-refractivity contribution in [2.45, 2.75) is 30.8 Å². The van der Waals surface area contributed by atoms with Crippen molar-refractivity contribution < 1.29 is 19.2 Å². The maximum absolute atomic E-state index is 12.8. The Morgan fingerprint density at radius 1 is 1.50 bits per heavy atom. The minimum atomic E-state index is -0.690. The highest BCUT2D eigenvalue weighted by Gasteiger charge is 2.67. The Kier molecular flexibility index (Phi) is 2.75. The van der Waals surface area contributed by atoms with Crippen molar-refractivity contribution in [3.63, 3.8) is 0 Å². The highest BCUT2D eigenvalue weighted by molar-refractivity contribution is 6.05. The van der Waals surface area contributed by atoms with E-state index in [1.165, 1.54) is 12.0 Å². The molecule has 1 aromatic rings. The van der Waals surface area contributed by atoms with Crippen LogP contribution in [-0.4, -0.2) is 31.6 Å². The van der Waals surface area contributed by atoms with E-state index >= 15 is 0 Å². The van der Waals surface area contributed by atoms with Crippen LogP contribution >= 0.6 is 0 Å². The summed E-state index contributed by atoms with van der Waals surface area (Å²) >= 11 is 0.